The van der Waals surface area contributed by atoms with Crippen LogP contribution >= 0.6 is 11.8 Å². The topological polar surface area (TPSA) is 15.3 Å². The van der Waals surface area contributed by atoms with Gasteiger partial charge in [-0.2, -0.15) is 11.8 Å². The van der Waals surface area contributed by atoms with Gasteiger partial charge in [-0.05, 0) is 50.8 Å². The summed E-state index contributed by atoms with van der Waals surface area (Å²) in [5.41, 5.74) is 0. The minimum absolute atomic E-state index is 0.626. The van der Waals surface area contributed by atoms with Gasteiger partial charge in [-0.15, -0.1) is 0 Å². The zero-order valence-electron chi connectivity index (χ0n) is 12.6. The standard InChI is InChI=1S/C15H32N2S/c1-14(2)16-15-9-8-11-17(13-15)10-6-4-5-7-12-18-3/h14-16H,4-13H2,1-3H3. The van der Waals surface area contributed by atoms with E-state index >= 15 is 0 Å². The predicted molar refractivity (Wildman–Crippen MR) is 84.6 cm³/mol. The van der Waals surface area contributed by atoms with E-state index in [1.165, 1.54) is 63.9 Å². The summed E-state index contributed by atoms with van der Waals surface area (Å²) in [6.07, 6.45) is 10.6. The molecule has 1 atom stereocenters. The number of piperidine rings is 1. The second-order valence-corrected chi connectivity index (χ2v) is 6.85. The smallest absolute Gasteiger partial charge is 0.0197 e. The van der Waals surface area contributed by atoms with E-state index < -0.39 is 0 Å². The van der Waals surface area contributed by atoms with E-state index in [2.05, 4.69) is 30.3 Å². The van der Waals surface area contributed by atoms with Crippen LogP contribution in [-0.2, 0) is 0 Å². The molecule has 1 aliphatic heterocycles. The van der Waals surface area contributed by atoms with Crippen LogP contribution in [-0.4, -0.2) is 48.6 Å². The minimum atomic E-state index is 0.626. The van der Waals surface area contributed by atoms with E-state index in [4.69, 9.17) is 0 Å². The lowest BCUT2D eigenvalue weighted by Crippen LogP contribution is -2.47. The SMILES string of the molecule is CSCCCCCCN1CCCC(NC(C)C)C1. The van der Waals surface area contributed by atoms with Gasteiger partial charge in [0.25, 0.3) is 0 Å². The van der Waals surface area contributed by atoms with E-state index in [9.17, 15) is 0 Å². The normalized spacial score (nSPS) is 21.7. The van der Waals surface area contributed by atoms with Crippen LogP contribution in [0.4, 0.5) is 0 Å². The molecule has 108 valence electrons. The van der Waals surface area contributed by atoms with Crippen molar-refractivity contribution in [2.75, 3.05) is 31.6 Å². The van der Waals surface area contributed by atoms with Crippen LogP contribution in [0.3, 0.4) is 0 Å². The molecule has 0 aliphatic carbocycles. The number of nitrogens with zero attached hydrogens (tertiary/aromatic N) is 1. The van der Waals surface area contributed by atoms with Crippen LogP contribution in [0.1, 0.15) is 52.4 Å². The first-order valence-electron chi connectivity index (χ1n) is 7.69. The molecule has 0 aromatic carbocycles. The van der Waals surface area contributed by atoms with Crippen LogP contribution in [0, 0.1) is 0 Å². The highest BCUT2D eigenvalue weighted by Gasteiger charge is 2.19. The number of nitrogens with one attached hydrogen (secondary N) is 1. The molecule has 0 amide bonds. The van der Waals surface area contributed by atoms with Crippen molar-refractivity contribution in [3.8, 4) is 0 Å². The fraction of sp³-hybridized carbons (Fsp3) is 1.00. The van der Waals surface area contributed by atoms with Gasteiger partial charge in [0, 0.05) is 18.6 Å². The second-order valence-electron chi connectivity index (χ2n) is 5.87. The lowest BCUT2D eigenvalue weighted by molar-refractivity contribution is 0.182. The predicted octanol–water partition coefficient (Wildman–Crippen LogP) is 3.37. The largest absolute Gasteiger partial charge is 0.311 e. The van der Waals surface area contributed by atoms with Crippen molar-refractivity contribution < 1.29 is 0 Å². The van der Waals surface area contributed by atoms with Gasteiger partial charge in [-0.3, -0.25) is 0 Å². The molecule has 3 heteroatoms. The molecular formula is C15H32N2S. The summed E-state index contributed by atoms with van der Waals surface area (Å²) in [6.45, 7) is 8.41. The summed E-state index contributed by atoms with van der Waals surface area (Å²) in [5.74, 6) is 1.34. The highest BCUT2D eigenvalue weighted by molar-refractivity contribution is 7.98. The first-order valence-corrected chi connectivity index (χ1v) is 9.09. The van der Waals surface area contributed by atoms with Gasteiger partial charge in [0.1, 0.15) is 0 Å². The van der Waals surface area contributed by atoms with Gasteiger partial charge in [-0.25, -0.2) is 0 Å². The summed E-state index contributed by atoms with van der Waals surface area (Å²) in [5, 5.41) is 3.69. The van der Waals surface area contributed by atoms with Crippen LogP contribution in [0.5, 0.6) is 0 Å². The number of rotatable bonds is 9. The fourth-order valence-electron chi connectivity index (χ4n) is 2.80. The molecule has 0 bridgehead atoms. The average Bonchev–Trinajstić information content (AvgIpc) is 2.33. The van der Waals surface area contributed by atoms with Gasteiger partial charge < -0.3 is 10.2 Å². The van der Waals surface area contributed by atoms with Crippen LogP contribution in [0.25, 0.3) is 0 Å². The number of hydrogen-bond donors (Lipinski definition) is 1. The summed E-state index contributed by atoms with van der Waals surface area (Å²) >= 11 is 1.97. The van der Waals surface area contributed by atoms with Crippen LogP contribution in [0.2, 0.25) is 0 Å². The highest BCUT2D eigenvalue weighted by Crippen LogP contribution is 2.12. The van der Waals surface area contributed by atoms with Gasteiger partial charge in [-0.1, -0.05) is 26.7 Å². The summed E-state index contributed by atoms with van der Waals surface area (Å²) in [6, 6.07) is 1.36. The van der Waals surface area contributed by atoms with E-state index in [1.54, 1.807) is 0 Å². The zero-order chi connectivity index (χ0) is 13.2. The van der Waals surface area contributed by atoms with Crippen molar-refractivity contribution in [1.29, 1.82) is 0 Å². The number of thioether (sulfide) groups is 1. The Morgan fingerprint density at radius 2 is 2.00 bits per heavy atom. The first kappa shape index (κ1) is 16.3. The molecule has 0 radical (unpaired) electrons. The third-order valence-corrected chi connectivity index (χ3v) is 4.34. The Morgan fingerprint density at radius 3 is 2.72 bits per heavy atom. The Morgan fingerprint density at radius 1 is 1.22 bits per heavy atom. The molecule has 0 aromatic heterocycles. The maximum absolute atomic E-state index is 3.69. The molecule has 1 heterocycles. The van der Waals surface area contributed by atoms with Crippen molar-refractivity contribution in [3.63, 3.8) is 0 Å². The van der Waals surface area contributed by atoms with E-state index in [1.807, 2.05) is 11.8 Å². The quantitative estimate of drug-likeness (QED) is 0.648. The molecule has 1 N–H and O–H groups in total. The Kier molecular flexibility index (Phi) is 9.16. The maximum atomic E-state index is 3.69. The van der Waals surface area contributed by atoms with Crippen LogP contribution in [0.15, 0.2) is 0 Å². The minimum Gasteiger partial charge on any atom is -0.311 e. The van der Waals surface area contributed by atoms with Crippen molar-refractivity contribution in [2.45, 2.75) is 64.5 Å². The third-order valence-electron chi connectivity index (χ3n) is 3.65. The van der Waals surface area contributed by atoms with Gasteiger partial charge in [0.05, 0.1) is 0 Å². The molecule has 2 nitrogen and oxygen atoms in total. The maximum Gasteiger partial charge on any atom is 0.0197 e. The Balaban J connectivity index is 2.03. The highest BCUT2D eigenvalue weighted by atomic mass is 32.2. The first-order chi connectivity index (χ1) is 8.72. The fourth-order valence-corrected chi connectivity index (χ4v) is 3.29. The second kappa shape index (κ2) is 10.1. The van der Waals surface area contributed by atoms with Gasteiger partial charge >= 0.3 is 0 Å². The Labute approximate surface area is 118 Å². The van der Waals surface area contributed by atoms with E-state index in [-0.39, 0.29) is 0 Å². The van der Waals surface area contributed by atoms with Crippen molar-refractivity contribution in [3.05, 3.63) is 0 Å². The summed E-state index contributed by atoms with van der Waals surface area (Å²) in [4.78, 5) is 2.66. The van der Waals surface area contributed by atoms with E-state index in [0.717, 1.165) is 6.04 Å². The molecule has 0 spiro atoms. The molecule has 0 saturated carbocycles. The number of unbranched alkanes of at least 4 members (excludes halogenated alkanes) is 3. The third kappa shape index (κ3) is 7.65. The summed E-state index contributed by atoms with van der Waals surface area (Å²) in [7, 11) is 0. The molecule has 1 saturated heterocycles. The molecule has 1 rings (SSSR count). The Hall–Kier alpha value is 0.270. The van der Waals surface area contributed by atoms with E-state index in [0.29, 0.717) is 6.04 Å². The Bertz CT molecular complexity index is 197. The molecule has 1 aliphatic rings. The van der Waals surface area contributed by atoms with Gasteiger partial charge in [0.15, 0.2) is 0 Å². The van der Waals surface area contributed by atoms with Crippen molar-refractivity contribution in [2.24, 2.45) is 0 Å². The molecule has 1 fully saturated rings. The molecule has 1 unspecified atom stereocenters. The average molecular weight is 273 g/mol. The lowest BCUT2D eigenvalue weighted by Gasteiger charge is -2.34. The molecular weight excluding hydrogens is 240 g/mol. The monoisotopic (exact) mass is 272 g/mol. The number of likely N-dealkylation sites (tertiary alicyclic amines) is 1. The molecule has 18 heavy (non-hydrogen) atoms. The zero-order valence-corrected chi connectivity index (χ0v) is 13.4. The number of hydrogen-bond acceptors (Lipinski definition) is 3. The summed E-state index contributed by atoms with van der Waals surface area (Å²) < 4.78 is 0. The van der Waals surface area contributed by atoms with Crippen LogP contribution < -0.4 is 5.32 Å². The van der Waals surface area contributed by atoms with Crippen molar-refractivity contribution >= 4 is 11.8 Å². The molecule has 0 aromatic rings. The van der Waals surface area contributed by atoms with Gasteiger partial charge in [0.2, 0.25) is 0 Å². The van der Waals surface area contributed by atoms with Crippen molar-refractivity contribution in [1.82, 2.24) is 10.2 Å². The lowest BCUT2D eigenvalue weighted by atomic mass is 10.0.